The van der Waals surface area contributed by atoms with Crippen molar-refractivity contribution in [3.05, 3.63) is 30.3 Å². The third-order valence-corrected chi connectivity index (χ3v) is 2.76. The average molecular weight is 237 g/mol. The summed E-state index contributed by atoms with van der Waals surface area (Å²) in [7, 11) is 0. The number of benzene rings is 1. The standard InChI is InChI=1S/C13H19NO3/c15-12(8-14-11-6-7-16-9-11)10-17-13-4-2-1-3-5-13/h1-5,11-12,14-15H,6-10H2. The highest BCUT2D eigenvalue weighted by Gasteiger charge is 2.16. The minimum Gasteiger partial charge on any atom is -0.491 e. The molecule has 4 nitrogen and oxygen atoms in total. The van der Waals surface area contributed by atoms with E-state index in [1.54, 1.807) is 0 Å². The number of hydrogen-bond donors (Lipinski definition) is 2. The molecular weight excluding hydrogens is 218 g/mol. The molecule has 94 valence electrons. The van der Waals surface area contributed by atoms with E-state index in [9.17, 15) is 5.11 Å². The van der Waals surface area contributed by atoms with Crippen LogP contribution in [0.3, 0.4) is 0 Å². The number of ether oxygens (including phenoxy) is 2. The van der Waals surface area contributed by atoms with Crippen LogP contribution in [0, 0.1) is 0 Å². The highest BCUT2D eigenvalue weighted by atomic mass is 16.5. The van der Waals surface area contributed by atoms with Gasteiger partial charge in [0.15, 0.2) is 0 Å². The minimum atomic E-state index is -0.490. The first-order chi connectivity index (χ1) is 8.34. The van der Waals surface area contributed by atoms with Gasteiger partial charge in [0.1, 0.15) is 18.5 Å². The quantitative estimate of drug-likeness (QED) is 0.768. The van der Waals surface area contributed by atoms with Crippen molar-refractivity contribution in [2.45, 2.75) is 18.6 Å². The molecule has 1 heterocycles. The van der Waals surface area contributed by atoms with Gasteiger partial charge in [-0.05, 0) is 18.6 Å². The number of nitrogens with one attached hydrogen (secondary N) is 1. The Labute approximate surface area is 102 Å². The average Bonchev–Trinajstić information content (AvgIpc) is 2.88. The number of aliphatic hydroxyl groups excluding tert-OH is 1. The van der Waals surface area contributed by atoms with Crippen LogP contribution in [0.5, 0.6) is 5.75 Å². The lowest BCUT2D eigenvalue weighted by Crippen LogP contribution is -2.38. The molecule has 0 spiro atoms. The summed E-state index contributed by atoms with van der Waals surface area (Å²) in [5.74, 6) is 0.788. The van der Waals surface area contributed by atoms with E-state index >= 15 is 0 Å². The van der Waals surface area contributed by atoms with Crippen LogP contribution in [-0.2, 0) is 4.74 Å². The number of rotatable bonds is 6. The van der Waals surface area contributed by atoms with Gasteiger partial charge in [-0.3, -0.25) is 0 Å². The summed E-state index contributed by atoms with van der Waals surface area (Å²) in [6, 6.07) is 9.90. The summed E-state index contributed by atoms with van der Waals surface area (Å²) in [6.45, 7) is 2.41. The van der Waals surface area contributed by atoms with Gasteiger partial charge in [0.2, 0.25) is 0 Å². The summed E-state index contributed by atoms with van der Waals surface area (Å²) < 4.78 is 10.7. The molecule has 0 saturated carbocycles. The molecule has 2 rings (SSSR count). The van der Waals surface area contributed by atoms with Crippen LogP contribution in [0.15, 0.2) is 30.3 Å². The van der Waals surface area contributed by atoms with Crippen LogP contribution in [-0.4, -0.2) is 43.6 Å². The Morgan fingerprint density at radius 2 is 2.24 bits per heavy atom. The molecule has 2 unspecified atom stereocenters. The molecule has 4 heteroatoms. The normalized spacial score (nSPS) is 21.4. The maximum Gasteiger partial charge on any atom is 0.119 e. The molecule has 1 aromatic carbocycles. The zero-order valence-corrected chi connectivity index (χ0v) is 9.84. The highest BCUT2D eigenvalue weighted by Crippen LogP contribution is 2.08. The summed E-state index contributed by atoms with van der Waals surface area (Å²) in [4.78, 5) is 0. The smallest absolute Gasteiger partial charge is 0.119 e. The fourth-order valence-electron chi connectivity index (χ4n) is 1.77. The zero-order chi connectivity index (χ0) is 11.9. The van der Waals surface area contributed by atoms with Gasteiger partial charge >= 0.3 is 0 Å². The van der Waals surface area contributed by atoms with Crippen LogP contribution in [0.1, 0.15) is 6.42 Å². The third kappa shape index (κ3) is 4.34. The summed E-state index contributed by atoms with van der Waals surface area (Å²) in [6.07, 6.45) is 0.530. The van der Waals surface area contributed by atoms with Gasteiger partial charge in [0.25, 0.3) is 0 Å². The molecule has 1 fully saturated rings. The Hall–Kier alpha value is -1.10. The maximum absolute atomic E-state index is 9.74. The second-order valence-electron chi connectivity index (χ2n) is 4.25. The van der Waals surface area contributed by atoms with Crippen LogP contribution >= 0.6 is 0 Å². The van der Waals surface area contributed by atoms with E-state index in [2.05, 4.69) is 5.32 Å². The molecule has 0 amide bonds. The molecule has 0 radical (unpaired) electrons. The van der Waals surface area contributed by atoms with Crippen molar-refractivity contribution in [1.29, 1.82) is 0 Å². The van der Waals surface area contributed by atoms with Gasteiger partial charge < -0.3 is 19.9 Å². The van der Waals surface area contributed by atoms with Crippen molar-refractivity contribution < 1.29 is 14.6 Å². The second kappa shape index (κ2) is 6.59. The number of aliphatic hydroxyl groups is 1. The van der Waals surface area contributed by atoms with Gasteiger partial charge in [-0.1, -0.05) is 18.2 Å². The molecular formula is C13H19NO3. The molecule has 1 saturated heterocycles. The van der Waals surface area contributed by atoms with Gasteiger partial charge in [-0.15, -0.1) is 0 Å². The maximum atomic E-state index is 9.74. The topological polar surface area (TPSA) is 50.7 Å². The first-order valence-corrected chi connectivity index (χ1v) is 6.01. The SMILES string of the molecule is OC(CNC1CCOC1)COc1ccccc1. The van der Waals surface area contributed by atoms with Gasteiger partial charge in [-0.2, -0.15) is 0 Å². The lowest BCUT2D eigenvalue weighted by atomic mass is 10.2. The Morgan fingerprint density at radius 3 is 2.94 bits per heavy atom. The fraction of sp³-hybridized carbons (Fsp3) is 0.538. The van der Waals surface area contributed by atoms with E-state index in [1.165, 1.54) is 0 Å². The number of hydrogen-bond acceptors (Lipinski definition) is 4. The summed E-state index contributed by atoms with van der Waals surface area (Å²) in [5.41, 5.74) is 0. The van der Waals surface area contributed by atoms with Crippen molar-refractivity contribution in [3.63, 3.8) is 0 Å². The summed E-state index contributed by atoms with van der Waals surface area (Å²) >= 11 is 0. The fourth-order valence-corrected chi connectivity index (χ4v) is 1.77. The van der Waals surface area contributed by atoms with Crippen molar-refractivity contribution in [1.82, 2.24) is 5.32 Å². The molecule has 0 aliphatic carbocycles. The first-order valence-electron chi connectivity index (χ1n) is 6.01. The molecule has 2 N–H and O–H groups in total. The predicted molar refractivity (Wildman–Crippen MR) is 65.2 cm³/mol. The second-order valence-corrected chi connectivity index (χ2v) is 4.25. The third-order valence-electron chi connectivity index (χ3n) is 2.76. The van der Waals surface area contributed by atoms with Crippen molar-refractivity contribution in [2.24, 2.45) is 0 Å². The molecule has 0 bridgehead atoms. The van der Waals surface area contributed by atoms with E-state index in [1.807, 2.05) is 30.3 Å². The number of para-hydroxylation sites is 1. The molecule has 17 heavy (non-hydrogen) atoms. The van der Waals surface area contributed by atoms with Gasteiger partial charge in [0.05, 0.1) is 6.61 Å². The zero-order valence-electron chi connectivity index (χ0n) is 9.84. The van der Waals surface area contributed by atoms with E-state index in [-0.39, 0.29) is 0 Å². The highest BCUT2D eigenvalue weighted by molar-refractivity contribution is 5.20. The van der Waals surface area contributed by atoms with Crippen molar-refractivity contribution >= 4 is 0 Å². The van der Waals surface area contributed by atoms with Crippen LogP contribution in [0.25, 0.3) is 0 Å². The van der Waals surface area contributed by atoms with E-state index in [0.29, 0.717) is 19.2 Å². The molecule has 2 atom stereocenters. The largest absolute Gasteiger partial charge is 0.491 e. The Balaban J connectivity index is 1.62. The van der Waals surface area contributed by atoms with Crippen molar-refractivity contribution in [3.8, 4) is 5.75 Å². The molecule has 1 aromatic rings. The van der Waals surface area contributed by atoms with Gasteiger partial charge in [0, 0.05) is 19.2 Å². The molecule has 1 aliphatic rings. The van der Waals surface area contributed by atoms with Crippen molar-refractivity contribution in [2.75, 3.05) is 26.4 Å². The molecule has 1 aliphatic heterocycles. The Morgan fingerprint density at radius 1 is 1.41 bits per heavy atom. The first kappa shape index (κ1) is 12.4. The minimum absolute atomic E-state index is 0.310. The Kier molecular flexibility index (Phi) is 4.79. The molecule has 0 aromatic heterocycles. The van der Waals surface area contributed by atoms with E-state index < -0.39 is 6.10 Å². The lowest BCUT2D eigenvalue weighted by Gasteiger charge is -2.15. The van der Waals surface area contributed by atoms with E-state index in [0.717, 1.165) is 25.4 Å². The lowest BCUT2D eigenvalue weighted by molar-refractivity contribution is 0.102. The Bertz CT molecular complexity index is 312. The van der Waals surface area contributed by atoms with Crippen LogP contribution < -0.4 is 10.1 Å². The monoisotopic (exact) mass is 237 g/mol. The van der Waals surface area contributed by atoms with Gasteiger partial charge in [-0.25, -0.2) is 0 Å². The van der Waals surface area contributed by atoms with Crippen LogP contribution in [0.4, 0.5) is 0 Å². The van der Waals surface area contributed by atoms with E-state index in [4.69, 9.17) is 9.47 Å². The summed E-state index contributed by atoms with van der Waals surface area (Å²) in [5, 5.41) is 13.0. The van der Waals surface area contributed by atoms with Crippen LogP contribution in [0.2, 0.25) is 0 Å². The predicted octanol–water partition coefficient (Wildman–Crippen LogP) is 0.805.